The number of rotatable bonds is 8. The summed E-state index contributed by atoms with van der Waals surface area (Å²) in [6.45, 7) is 4.81. The highest BCUT2D eigenvalue weighted by molar-refractivity contribution is 6.17. The Bertz CT molecular complexity index is 356. The molecule has 0 bridgehead atoms. The van der Waals surface area contributed by atoms with Crippen LogP contribution in [-0.2, 0) is 6.42 Å². The number of hydrogen-bond donors (Lipinski definition) is 1. The van der Waals surface area contributed by atoms with Crippen LogP contribution in [0.3, 0.4) is 0 Å². The minimum atomic E-state index is -0.0451. The van der Waals surface area contributed by atoms with Crippen LogP contribution in [-0.4, -0.2) is 18.3 Å². The lowest BCUT2D eigenvalue weighted by atomic mass is 10.0. The van der Waals surface area contributed by atoms with Gasteiger partial charge in [0.05, 0.1) is 11.8 Å². The SMILES string of the molecule is CCCC(CCCl)CNC(=O)c1ccoc1CC. The first kappa shape index (κ1) is 15.1. The monoisotopic (exact) mass is 271 g/mol. The van der Waals surface area contributed by atoms with E-state index < -0.39 is 0 Å². The van der Waals surface area contributed by atoms with E-state index in [0.717, 1.165) is 31.4 Å². The second-order valence-electron chi connectivity index (χ2n) is 4.45. The maximum atomic E-state index is 12.0. The van der Waals surface area contributed by atoms with Gasteiger partial charge >= 0.3 is 0 Å². The zero-order valence-electron chi connectivity index (χ0n) is 11.2. The summed E-state index contributed by atoms with van der Waals surface area (Å²) in [6.07, 6.45) is 5.45. The van der Waals surface area contributed by atoms with Crippen LogP contribution >= 0.6 is 11.6 Å². The maximum absolute atomic E-state index is 12.0. The summed E-state index contributed by atoms with van der Waals surface area (Å²) < 4.78 is 5.25. The Morgan fingerprint density at radius 2 is 2.22 bits per heavy atom. The van der Waals surface area contributed by atoms with Gasteiger partial charge in [0.2, 0.25) is 0 Å². The van der Waals surface area contributed by atoms with Gasteiger partial charge in [0.15, 0.2) is 0 Å². The third kappa shape index (κ3) is 4.37. The average molecular weight is 272 g/mol. The normalized spacial score (nSPS) is 12.4. The molecule has 3 nitrogen and oxygen atoms in total. The molecule has 1 amide bonds. The zero-order valence-corrected chi connectivity index (χ0v) is 11.9. The molecule has 4 heteroatoms. The molecule has 0 saturated heterocycles. The number of hydrogen-bond acceptors (Lipinski definition) is 2. The first-order valence-electron chi connectivity index (χ1n) is 6.63. The van der Waals surface area contributed by atoms with Gasteiger partial charge < -0.3 is 9.73 Å². The van der Waals surface area contributed by atoms with Crippen LogP contribution in [0.25, 0.3) is 0 Å². The van der Waals surface area contributed by atoms with E-state index in [0.29, 0.717) is 23.9 Å². The molecule has 1 rings (SSSR count). The predicted molar refractivity (Wildman–Crippen MR) is 74.2 cm³/mol. The molecule has 1 aromatic heterocycles. The molecule has 18 heavy (non-hydrogen) atoms. The van der Waals surface area contributed by atoms with E-state index in [2.05, 4.69) is 12.2 Å². The van der Waals surface area contributed by atoms with Crippen LogP contribution in [0.1, 0.15) is 49.2 Å². The van der Waals surface area contributed by atoms with Crippen LogP contribution in [0.2, 0.25) is 0 Å². The summed E-state index contributed by atoms with van der Waals surface area (Å²) in [4.78, 5) is 12.0. The Morgan fingerprint density at radius 1 is 1.44 bits per heavy atom. The molecule has 1 aromatic rings. The third-order valence-corrected chi connectivity index (χ3v) is 3.29. The van der Waals surface area contributed by atoms with Gasteiger partial charge in [0.1, 0.15) is 5.76 Å². The molecule has 1 heterocycles. The molecule has 0 aliphatic carbocycles. The summed E-state index contributed by atoms with van der Waals surface area (Å²) in [5.41, 5.74) is 0.652. The van der Waals surface area contributed by atoms with Crippen molar-refractivity contribution in [2.75, 3.05) is 12.4 Å². The smallest absolute Gasteiger partial charge is 0.254 e. The van der Waals surface area contributed by atoms with E-state index in [1.807, 2.05) is 6.92 Å². The molecular weight excluding hydrogens is 250 g/mol. The fraction of sp³-hybridized carbons (Fsp3) is 0.643. The van der Waals surface area contributed by atoms with E-state index >= 15 is 0 Å². The van der Waals surface area contributed by atoms with E-state index in [1.54, 1.807) is 12.3 Å². The van der Waals surface area contributed by atoms with Crippen molar-refractivity contribution in [1.82, 2.24) is 5.32 Å². The van der Waals surface area contributed by atoms with Crippen molar-refractivity contribution in [2.24, 2.45) is 5.92 Å². The van der Waals surface area contributed by atoms with Crippen molar-refractivity contribution in [3.05, 3.63) is 23.7 Å². The van der Waals surface area contributed by atoms with Gasteiger partial charge in [-0.1, -0.05) is 20.3 Å². The van der Waals surface area contributed by atoms with Gasteiger partial charge in [-0.2, -0.15) is 0 Å². The van der Waals surface area contributed by atoms with Crippen molar-refractivity contribution in [2.45, 2.75) is 39.5 Å². The molecule has 0 aliphatic rings. The van der Waals surface area contributed by atoms with E-state index in [1.165, 1.54) is 0 Å². The lowest BCUT2D eigenvalue weighted by Gasteiger charge is -2.15. The van der Waals surface area contributed by atoms with Crippen LogP contribution in [0.15, 0.2) is 16.7 Å². The fourth-order valence-corrected chi connectivity index (χ4v) is 2.37. The maximum Gasteiger partial charge on any atom is 0.254 e. The number of halogens is 1. The average Bonchev–Trinajstić information content (AvgIpc) is 2.84. The number of amides is 1. The van der Waals surface area contributed by atoms with Crippen molar-refractivity contribution in [3.63, 3.8) is 0 Å². The lowest BCUT2D eigenvalue weighted by molar-refractivity contribution is 0.0944. The molecule has 1 N–H and O–H groups in total. The molecule has 1 atom stereocenters. The Morgan fingerprint density at radius 3 is 2.83 bits per heavy atom. The van der Waals surface area contributed by atoms with Crippen molar-refractivity contribution < 1.29 is 9.21 Å². The first-order valence-corrected chi connectivity index (χ1v) is 7.16. The number of nitrogens with one attached hydrogen (secondary N) is 1. The quantitative estimate of drug-likeness (QED) is 0.734. The molecule has 0 aromatic carbocycles. The molecule has 0 fully saturated rings. The van der Waals surface area contributed by atoms with Crippen molar-refractivity contribution >= 4 is 17.5 Å². The number of aryl methyl sites for hydroxylation is 1. The molecule has 102 valence electrons. The Kier molecular flexibility index (Phi) is 6.88. The number of carbonyl (C=O) groups is 1. The molecule has 0 radical (unpaired) electrons. The predicted octanol–water partition coefficient (Wildman–Crippen LogP) is 3.62. The van der Waals surface area contributed by atoms with Gasteiger partial charge in [0, 0.05) is 18.8 Å². The Balaban J connectivity index is 2.49. The number of carbonyl (C=O) groups excluding carboxylic acids is 1. The second-order valence-corrected chi connectivity index (χ2v) is 4.83. The standard InChI is InChI=1S/C14H22ClNO2/c1-3-5-11(6-8-15)10-16-14(17)12-7-9-18-13(12)4-2/h7,9,11H,3-6,8,10H2,1-2H3,(H,16,17). The topological polar surface area (TPSA) is 42.2 Å². The highest BCUT2D eigenvalue weighted by Gasteiger charge is 2.14. The highest BCUT2D eigenvalue weighted by atomic mass is 35.5. The summed E-state index contributed by atoms with van der Waals surface area (Å²) in [7, 11) is 0. The van der Waals surface area contributed by atoms with Crippen LogP contribution in [0.4, 0.5) is 0 Å². The largest absolute Gasteiger partial charge is 0.469 e. The number of furan rings is 1. The van der Waals surface area contributed by atoms with Crippen LogP contribution in [0.5, 0.6) is 0 Å². The summed E-state index contributed by atoms with van der Waals surface area (Å²) in [5.74, 6) is 1.81. The second kappa shape index (κ2) is 8.20. The molecule has 0 spiro atoms. The van der Waals surface area contributed by atoms with Crippen LogP contribution < -0.4 is 5.32 Å². The van der Waals surface area contributed by atoms with Crippen molar-refractivity contribution in [1.29, 1.82) is 0 Å². The van der Waals surface area contributed by atoms with Gasteiger partial charge in [-0.25, -0.2) is 0 Å². The zero-order chi connectivity index (χ0) is 13.4. The fourth-order valence-electron chi connectivity index (χ4n) is 2.06. The highest BCUT2D eigenvalue weighted by Crippen LogP contribution is 2.13. The van der Waals surface area contributed by atoms with Gasteiger partial charge in [0.25, 0.3) is 5.91 Å². The minimum Gasteiger partial charge on any atom is -0.469 e. The van der Waals surface area contributed by atoms with Gasteiger partial charge in [-0.05, 0) is 24.8 Å². The first-order chi connectivity index (χ1) is 8.72. The molecule has 0 saturated carbocycles. The van der Waals surface area contributed by atoms with Crippen molar-refractivity contribution in [3.8, 4) is 0 Å². The lowest BCUT2D eigenvalue weighted by Crippen LogP contribution is -2.29. The molecule has 0 aliphatic heterocycles. The van der Waals surface area contributed by atoms with Gasteiger partial charge in [-0.15, -0.1) is 11.6 Å². The Hall–Kier alpha value is -0.960. The van der Waals surface area contributed by atoms with E-state index in [9.17, 15) is 4.79 Å². The van der Waals surface area contributed by atoms with Crippen LogP contribution in [0, 0.1) is 5.92 Å². The van der Waals surface area contributed by atoms with Gasteiger partial charge in [-0.3, -0.25) is 4.79 Å². The molecule has 1 unspecified atom stereocenters. The molecular formula is C14H22ClNO2. The summed E-state index contributed by atoms with van der Waals surface area (Å²) >= 11 is 5.77. The minimum absolute atomic E-state index is 0.0451. The summed E-state index contributed by atoms with van der Waals surface area (Å²) in [6, 6.07) is 1.73. The summed E-state index contributed by atoms with van der Waals surface area (Å²) in [5, 5.41) is 2.97. The van der Waals surface area contributed by atoms with E-state index in [-0.39, 0.29) is 5.91 Å². The third-order valence-electron chi connectivity index (χ3n) is 3.08. The number of alkyl halides is 1. The van der Waals surface area contributed by atoms with E-state index in [4.69, 9.17) is 16.0 Å². The Labute approximate surface area is 114 Å².